The first-order valence-corrected chi connectivity index (χ1v) is 19.3. The Labute approximate surface area is 433 Å². The zero-order chi connectivity index (χ0) is 69.8. The molecule has 2 aromatic carbocycles. The van der Waals surface area contributed by atoms with E-state index in [2.05, 4.69) is 0 Å². The standard InChI is InChI=1S/C10HF17.C7F14.C7F8.C6F6.C3H5F3.C3H9N/c11-2-1(3(12,13)7(20,21)9(24,25)5(2,16)17)4(14,15)8(22,23)10(26,27)6(2,18)19;8-1(7(19,20)21)2(9,10)4(13,14)6(17,18)5(15,16)3(1,11)12;8-2-1(7(13,14)15)3(9)5(11)6(12)4(2)10;7-1-2(8)4(10)6(12)5(11)3(1)9;1-2-3(4,5)6;1-4(2)3/h1H;;;;2H2,1H3;1-3H3. The van der Waals surface area contributed by atoms with Crippen LogP contribution in [0.4, 0.5) is 211 Å². The first-order chi connectivity index (χ1) is 36.5. The maximum atomic E-state index is 14.2. The summed E-state index contributed by atoms with van der Waals surface area (Å²) < 4.78 is 603. The van der Waals surface area contributed by atoms with Crippen molar-refractivity contribution in [2.75, 3.05) is 21.1 Å². The molecule has 3 saturated carbocycles. The fourth-order valence-electron chi connectivity index (χ4n) is 5.93. The van der Waals surface area contributed by atoms with Gasteiger partial charge in [-0.15, -0.1) is 0 Å². The van der Waals surface area contributed by atoms with Crippen LogP contribution in [0.25, 0.3) is 0 Å². The maximum Gasteiger partial charge on any atom is 0.435 e. The fourth-order valence-corrected chi connectivity index (χ4v) is 5.93. The molecule has 2 aromatic rings. The van der Waals surface area contributed by atoms with Crippen molar-refractivity contribution < 1.29 is 211 Å². The van der Waals surface area contributed by atoms with Gasteiger partial charge in [0.25, 0.3) is 5.67 Å². The minimum atomic E-state index is -8.07. The van der Waals surface area contributed by atoms with Gasteiger partial charge >= 0.3 is 101 Å². The third-order valence-electron chi connectivity index (χ3n) is 10.3. The van der Waals surface area contributed by atoms with E-state index in [0.717, 1.165) is 6.92 Å². The highest BCUT2D eigenvalue weighted by molar-refractivity contribution is 5.36. The molecule has 0 radical (unpaired) electrons. The zero-order valence-corrected chi connectivity index (χ0v) is 38.9. The van der Waals surface area contributed by atoms with Gasteiger partial charge in [0, 0.05) is 6.42 Å². The molecule has 0 aliphatic heterocycles. The van der Waals surface area contributed by atoms with Crippen molar-refractivity contribution in [3.8, 4) is 0 Å². The first kappa shape index (κ1) is 80.0. The summed E-state index contributed by atoms with van der Waals surface area (Å²) >= 11 is 0. The fraction of sp³-hybridized carbons (Fsp3) is 0.667. The number of hydrogen-bond acceptors (Lipinski definition) is 1. The molecule has 0 amide bonds. The predicted octanol–water partition coefficient (Wildman–Crippen LogP) is 17.9. The molecule has 3 aliphatic rings. The molecule has 0 aromatic heterocycles. The third kappa shape index (κ3) is 11.2. The van der Waals surface area contributed by atoms with Crippen molar-refractivity contribution in [3.63, 3.8) is 0 Å². The smallest absolute Gasteiger partial charge is 0.312 e. The first-order valence-electron chi connectivity index (χ1n) is 19.3. The highest BCUT2D eigenvalue weighted by Crippen LogP contribution is 2.79. The quantitative estimate of drug-likeness (QED) is 0.144. The van der Waals surface area contributed by atoms with Crippen LogP contribution in [0.1, 0.15) is 18.9 Å². The van der Waals surface area contributed by atoms with E-state index in [4.69, 9.17) is 0 Å². The van der Waals surface area contributed by atoms with Gasteiger partial charge in [-0.2, -0.15) is 154 Å². The summed E-state index contributed by atoms with van der Waals surface area (Å²) in [5.41, 5.74) is -18.6. The molecule has 500 valence electrons. The molecule has 85 heavy (non-hydrogen) atoms. The number of alkyl halides is 37. The lowest BCUT2D eigenvalue weighted by Gasteiger charge is -2.60. The number of hydrogen-bond donors (Lipinski definition) is 0. The summed E-state index contributed by atoms with van der Waals surface area (Å²) in [6.45, 7) is 1.08. The normalized spacial score (nSPS) is 25.9. The summed E-state index contributed by atoms with van der Waals surface area (Å²) in [6, 6.07) is 0. The van der Waals surface area contributed by atoms with E-state index in [1.165, 1.54) is 0 Å². The Bertz CT molecular complexity index is 2480. The van der Waals surface area contributed by atoms with E-state index in [1.807, 2.05) is 26.0 Å². The van der Waals surface area contributed by atoms with Crippen molar-refractivity contribution in [2.45, 2.75) is 120 Å². The van der Waals surface area contributed by atoms with Crippen LogP contribution in [0, 0.1) is 69.9 Å². The summed E-state index contributed by atoms with van der Waals surface area (Å²) in [6.07, 6.45) is -18.0. The zero-order valence-electron chi connectivity index (χ0n) is 38.9. The summed E-state index contributed by atoms with van der Waals surface area (Å²) in [4.78, 5) is 2.00. The molecule has 1 nitrogen and oxygen atoms in total. The molecule has 5 rings (SSSR count). The van der Waals surface area contributed by atoms with Gasteiger partial charge in [-0.1, -0.05) is 6.92 Å². The van der Waals surface area contributed by atoms with E-state index in [1.54, 1.807) is 0 Å². The lowest BCUT2D eigenvalue weighted by molar-refractivity contribution is -0.537. The van der Waals surface area contributed by atoms with Crippen molar-refractivity contribution in [1.82, 2.24) is 4.90 Å². The second kappa shape index (κ2) is 22.6. The van der Waals surface area contributed by atoms with Gasteiger partial charge in [-0.05, 0) is 21.1 Å². The Morgan fingerprint density at radius 1 is 0.294 bits per heavy atom. The molecular weight excluding hydrogens is 1360 g/mol. The van der Waals surface area contributed by atoms with Crippen molar-refractivity contribution in [1.29, 1.82) is 0 Å². The monoisotopic (exact) mass is 1370 g/mol. The van der Waals surface area contributed by atoms with Crippen LogP contribution < -0.4 is 0 Å². The Morgan fingerprint density at radius 2 is 0.459 bits per heavy atom. The Kier molecular flexibility index (Phi) is 21.3. The Balaban J connectivity index is 0.00000108. The van der Waals surface area contributed by atoms with E-state index in [0.29, 0.717) is 0 Å². The largest absolute Gasteiger partial charge is 0.435 e. The van der Waals surface area contributed by atoms with Crippen LogP contribution in [-0.4, -0.2) is 127 Å². The number of nitrogens with zero attached hydrogens (tertiary/aromatic N) is 1. The highest BCUT2D eigenvalue weighted by Gasteiger charge is 3.09. The molecule has 0 spiro atoms. The van der Waals surface area contributed by atoms with Crippen molar-refractivity contribution in [3.05, 3.63) is 69.6 Å². The van der Waals surface area contributed by atoms with Crippen LogP contribution in [0.5, 0.6) is 0 Å². The molecule has 3 aliphatic carbocycles. The van der Waals surface area contributed by atoms with E-state index in [9.17, 15) is 211 Å². The maximum absolute atomic E-state index is 14.2. The minimum Gasteiger partial charge on any atom is -0.312 e. The van der Waals surface area contributed by atoms with Gasteiger partial charge in [0.05, 0.1) is 0 Å². The second-order valence-electron chi connectivity index (χ2n) is 16.5. The van der Waals surface area contributed by atoms with Crippen molar-refractivity contribution in [2.24, 2.45) is 5.92 Å². The molecule has 0 atom stereocenters. The highest BCUT2D eigenvalue weighted by atomic mass is 19.4. The molecule has 0 saturated heterocycles. The second-order valence-corrected chi connectivity index (χ2v) is 16.5. The number of benzene rings is 2. The molecule has 0 N–H and O–H groups in total. The van der Waals surface area contributed by atoms with Gasteiger partial charge < -0.3 is 4.90 Å². The van der Waals surface area contributed by atoms with E-state index < -0.39 is 189 Å². The Hall–Kier alpha value is -4.96. The molecule has 3 fully saturated rings. The number of fused-ring (bicyclic) bond motifs is 1. The number of halogens is 48. The summed E-state index contributed by atoms with van der Waals surface area (Å²) in [5.74, 6) is -137. The summed E-state index contributed by atoms with van der Waals surface area (Å²) in [7, 11) is 6.00. The van der Waals surface area contributed by atoms with E-state index in [-0.39, 0.29) is 0 Å². The minimum absolute atomic E-state index is 0.729. The van der Waals surface area contributed by atoms with Gasteiger partial charge in [0.1, 0.15) is 11.5 Å². The lowest BCUT2D eigenvalue weighted by atomic mass is 9.56. The molecular formula is C36H15F48N. The van der Waals surface area contributed by atoms with Crippen LogP contribution in [0.2, 0.25) is 0 Å². The lowest BCUT2D eigenvalue weighted by Crippen LogP contribution is -2.92. The van der Waals surface area contributed by atoms with Crippen molar-refractivity contribution >= 4 is 0 Å². The molecule has 0 heterocycles. The average Bonchev–Trinajstić information content (AvgIpc) is 3.30. The van der Waals surface area contributed by atoms with Crippen LogP contribution in [0.3, 0.4) is 0 Å². The number of rotatable bonds is 0. The summed E-state index contributed by atoms with van der Waals surface area (Å²) in [5, 5.41) is 0. The molecule has 0 bridgehead atoms. The third-order valence-corrected chi connectivity index (χ3v) is 10.3. The van der Waals surface area contributed by atoms with E-state index >= 15 is 0 Å². The molecule has 0 unspecified atom stereocenters. The van der Waals surface area contributed by atoms with Crippen LogP contribution in [0.15, 0.2) is 0 Å². The van der Waals surface area contributed by atoms with Gasteiger partial charge in [0.2, 0.25) is 40.7 Å². The average molecular weight is 1370 g/mol. The SMILES string of the molecule is CCC(F)(F)F.CN(C)C.FC(F)(F)C1(F)C(F)(F)C(F)(F)C(F)(F)C(F)(F)C1(F)F.FC1(F)C2C(F)(F)C(F)(F)C(F)(F)C(F)(F)C2(F)C(F)(F)C(F)(F)C1(F)F.Fc1c(F)c(F)c(C(F)(F)F)c(F)c1F.Fc1c(F)c(F)c(F)c(F)c1F. The van der Waals surface area contributed by atoms with Crippen LogP contribution >= 0.6 is 0 Å². The van der Waals surface area contributed by atoms with Gasteiger partial charge in [0.15, 0.2) is 23.3 Å². The topological polar surface area (TPSA) is 3.24 Å². The van der Waals surface area contributed by atoms with Gasteiger partial charge in [-0.25, -0.2) is 57.1 Å². The molecule has 49 heteroatoms. The van der Waals surface area contributed by atoms with Crippen LogP contribution in [-0.2, 0) is 6.18 Å². The predicted molar refractivity (Wildman–Crippen MR) is 175 cm³/mol. The van der Waals surface area contributed by atoms with Gasteiger partial charge in [-0.3, -0.25) is 0 Å². The Morgan fingerprint density at radius 3 is 0.624 bits per heavy atom.